The molecule has 1 nitrogen and oxygen atoms in total. The summed E-state index contributed by atoms with van der Waals surface area (Å²) in [5.41, 5.74) is 3.17. The van der Waals surface area contributed by atoms with Gasteiger partial charge in [0.15, 0.2) is 0 Å². The zero-order chi connectivity index (χ0) is 18.1. The average Bonchev–Trinajstić information content (AvgIpc) is 3.05. The zero-order valence-electron chi connectivity index (χ0n) is 13.8. The van der Waals surface area contributed by atoms with Crippen molar-refractivity contribution in [1.82, 2.24) is 4.57 Å². The van der Waals surface area contributed by atoms with Crippen LogP contribution in [0.1, 0.15) is 11.1 Å². The fourth-order valence-corrected chi connectivity index (χ4v) is 3.13. The smallest absolute Gasteiger partial charge is 0.342 e. The lowest BCUT2D eigenvalue weighted by Crippen LogP contribution is -2.04. The Kier molecular flexibility index (Phi) is 4.03. The van der Waals surface area contributed by atoms with E-state index in [4.69, 9.17) is 0 Å². The Hall–Kier alpha value is -3.01. The highest BCUT2D eigenvalue weighted by atomic mass is 19.4. The van der Waals surface area contributed by atoms with E-state index in [0.29, 0.717) is 0 Å². The van der Waals surface area contributed by atoms with E-state index in [0.717, 1.165) is 40.7 Å². The highest BCUT2D eigenvalue weighted by Crippen LogP contribution is 2.33. The van der Waals surface area contributed by atoms with Crippen LogP contribution in [0.3, 0.4) is 0 Å². The first-order valence-corrected chi connectivity index (χ1v) is 8.23. The number of halogens is 3. The fraction of sp³-hybridized carbons (Fsp3) is 0.0909. The minimum Gasteiger partial charge on any atom is -0.342 e. The summed E-state index contributed by atoms with van der Waals surface area (Å²) in [4.78, 5) is 0. The molecule has 0 aliphatic rings. The summed E-state index contributed by atoms with van der Waals surface area (Å²) in [5.74, 6) is 0. The third kappa shape index (κ3) is 3.10. The van der Waals surface area contributed by atoms with Gasteiger partial charge in [0.05, 0.1) is 5.56 Å². The summed E-state index contributed by atoms with van der Waals surface area (Å²) in [7, 11) is 0. The molecule has 0 aliphatic heterocycles. The molecule has 4 aromatic rings. The second-order valence-corrected chi connectivity index (χ2v) is 6.16. The molecule has 4 heteroatoms. The molecule has 0 aliphatic carbocycles. The summed E-state index contributed by atoms with van der Waals surface area (Å²) in [6.07, 6.45) is -2.43. The molecular weight excluding hydrogens is 335 g/mol. The standard InChI is InChI=1S/C22H15F3N/c23-22(24,25)18-11-9-17(10-12-18)19-7-4-8-21-20(19)13-14-26(21)15-16-5-2-1-3-6-16/h1-12,14H,15H2. The van der Waals surface area contributed by atoms with Gasteiger partial charge in [-0.05, 0) is 34.9 Å². The number of rotatable bonds is 3. The Labute approximate surface area is 149 Å². The third-order valence-corrected chi connectivity index (χ3v) is 4.44. The highest BCUT2D eigenvalue weighted by molar-refractivity contribution is 5.95. The quantitative estimate of drug-likeness (QED) is 0.416. The number of aromatic nitrogens is 1. The van der Waals surface area contributed by atoms with Crippen LogP contribution >= 0.6 is 0 Å². The molecule has 0 saturated heterocycles. The van der Waals surface area contributed by atoms with Gasteiger partial charge < -0.3 is 4.57 Å². The van der Waals surface area contributed by atoms with Crippen LogP contribution in [-0.2, 0) is 12.7 Å². The van der Waals surface area contributed by atoms with Gasteiger partial charge in [0.1, 0.15) is 0 Å². The van der Waals surface area contributed by atoms with Gasteiger partial charge in [-0.15, -0.1) is 0 Å². The predicted octanol–water partition coefficient (Wildman–Crippen LogP) is 6.18. The van der Waals surface area contributed by atoms with Crippen molar-refractivity contribution >= 4 is 10.9 Å². The molecule has 1 heterocycles. The van der Waals surface area contributed by atoms with Gasteiger partial charge in [0.25, 0.3) is 0 Å². The van der Waals surface area contributed by atoms with E-state index < -0.39 is 11.7 Å². The number of nitrogens with zero attached hydrogens (tertiary/aromatic N) is 1. The van der Waals surface area contributed by atoms with Crippen LogP contribution in [0.5, 0.6) is 0 Å². The van der Waals surface area contributed by atoms with E-state index >= 15 is 0 Å². The maximum atomic E-state index is 12.8. The highest BCUT2D eigenvalue weighted by Gasteiger charge is 2.30. The number of benzene rings is 3. The molecule has 3 aromatic carbocycles. The fourth-order valence-electron chi connectivity index (χ4n) is 3.13. The lowest BCUT2D eigenvalue weighted by molar-refractivity contribution is -0.137. The SMILES string of the molecule is FC(F)(F)c1ccc(-c2cccc3c2[c]cn3Cc2ccccc2)cc1. The van der Waals surface area contributed by atoms with Gasteiger partial charge in [-0.3, -0.25) is 0 Å². The molecular formula is C22H15F3N. The van der Waals surface area contributed by atoms with Crippen LogP contribution in [0, 0.1) is 6.07 Å². The monoisotopic (exact) mass is 350 g/mol. The maximum Gasteiger partial charge on any atom is 0.416 e. The first kappa shape index (κ1) is 16.5. The first-order valence-electron chi connectivity index (χ1n) is 8.23. The van der Waals surface area contributed by atoms with Crippen LogP contribution < -0.4 is 0 Å². The molecule has 0 bridgehead atoms. The average molecular weight is 350 g/mol. The Morgan fingerprint density at radius 1 is 0.808 bits per heavy atom. The van der Waals surface area contributed by atoms with Crippen molar-refractivity contribution in [2.45, 2.75) is 12.7 Å². The van der Waals surface area contributed by atoms with E-state index in [-0.39, 0.29) is 0 Å². The number of hydrogen-bond acceptors (Lipinski definition) is 0. The van der Waals surface area contributed by atoms with Crippen molar-refractivity contribution < 1.29 is 13.2 Å². The molecule has 1 radical (unpaired) electrons. The normalized spacial score (nSPS) is 11.8. The second kappa shape index (κ2) is 6.37. The largest absolute Gasteiger partial charge is 0.416 e. The minimum absolute atomic E-state index is 0.640. The third-order valence-electron chi connectivity index (χ3n) is 4.44. The summed E-state index contributed by atoms with van der Waals surface area (Å²) in [6, 6.07) is 24.5. The number of fused-ring (bicyclic) bond motifs is 1. The van der Waals surface area contributed by atoms with E-state index in [2.05, 4.69) is 22.8 Å². The molecule has 0 spiro atoms. The zero-order valence-corrected chi connectivity index (χ0v) is 13.8. The van der Waals surface area contributed by atoms with E-state index in [9.17, 15) is 13.2 Å². The lowest BCUT2D eigenvalue weighted by Gasteiger charge is -2.10. The molecule has 0 amide bonds. The predicted molar refractivity (Wildman–Crippen MR) is 96.8 cm³/mol. The van der Waals surface area contributed by atoms with Gasteiger partial charge in [-0.1, -0.05) is 54.6 Å². The maximum absolute atomic E-state index is 12.8. The Morgan fingerprint density at radius 3 is 2.23 bits per heavy atom. The molecule has 0 fully saturated rings. The van der Waals surface area contributed by atoms with Crippen molar-refractivity contribution in [3.63, 3.8) is 0 Å². The molecule has 0 unspecified atom stereocenters. The lowest BCUT2D eigenvalue weighted by atomic mass is 10.0. The minimum atomic E-state index is -4.32. The van der Waals surface area contributed by atoms with Gasteiger partial charge >= 0.3 is 6.18 Å². The van der Waals surface area contributed by atoms with Crippen LogP contribution in [0.4, 0.5) is 13.2 Å². The topological polar surface area (TPSA) is 4.93 Å². The van der Waals surface area contributed by atoms with Gasteiger partial charge in [-0.25, -0.2) is 0 Å². The van der Waals surface area contributed by atoms with Gasteiger partial charge in [0, 0.05) is 29.7 Å². The second-order valence-electron chi connectivity index (χ2n) is 6.16. The Balaban J connectivity index is 1.73. The molecule has 0 N–H and O–H groups in total. The van der Waals surface area contributed by atoms with Crippen LogP contribution in [0.15, 0.2) is 79.0 Å². The van der Waals surface area contributed by atoms with Crippen LogP contribution in [0.25, 0.3) is 22.0 Å². The molecule has 4 rings (SSSR count). The van der Waals surface area contributed by atoms with Crippen molar-refractivity contribution in [3.05, 3.63) is 96.2 Å². The summed E-state index contributed by atoms with van der Waals surface area (Å²) < 4.78 is 40.4. The van der Waals surface area contributed by atoms with Gasteiger partial charge in [-0.2, -0.15) is 13.2 Å². The van der Waals surface area contributed by atoms with Crippen molar-refractivity contribution in [2.75, 3.05) is 0 Å². The molecule has 0 saturated carbocycles. The first-order chi connectivity index (χ1) is 12.5. The van der Waals surface area contributed by atoms with E-state index in [1.807, 2.05) is 42.6 Å². The van der Waals surface area contributed by atoms with Crippen molar-refractivity contribution in [2.24, 2.45) is 0 Å². The Bertz CT molecular complexity index is 1030. The Morgan fingerprint density at radius 2 is 1.54 bits per heavy atom. The number of alkyl halides is 3. The van der Waals surface area contributed by atoms with E-state index in [1.165, 1.54) is 17.7 Å². The van der Waals surface area contributed by atoms with E-state index in [1.54, 1.807) is 0 Å². The molecule has 129 valence electrons. The summed E-state index contributed by atoms with van der Waals surface area (Å²) in [5, 5.41) is 0.906. The molecule has 0 atom stereocenters. The molecule has 26 heavy (non-hydrogen) atoms. The molecule has 1 aromatic heterocycles. The van der Waals surface area contributed by atoms with Crippen molar-refractivity contribution in [1.29, 1.82) is 0 Å². The van der Waals surface area contributed by atoms with Gasteiger partial charge in [0.2, 0.25) is 0 Å². The van der Waals surface area contributed by atoms with Crippen LogP contribution in [0.2, 0.25) is 0 Å². The van der Waals surface area contributed by atoms with Crippen LogP contribution in [-0.4, -0.2) is 4.57 Å². The number of hydrogen-bond donors (Lipinski definition) is 0. The van der Waals surface area contributed by atoms with Crippen molar-refractivity contribution in [3.8, 4) is 11.1 Å². The summed E-state index contributed by atoms with van der Waals surface area (Å²) >= 11 is 0. The summed E-state index contributed by atoms with van der Waals surface area (Å²) in [6.45, 7) is 0.720.